The van der Waals surface area contributed by atoms with E-state index in [-0.39, 0.29) is 17.9 Å². The van der Waals surface area contributed by atoms with Gasteiger partial charge < -0.3 is 9.64 Å². The van der Waals surface area contributed by atoms with E-state index in [4.69, 9.17) is 4.74 Å². The molecule has 0 saturated carbocycles. The Bertz CT molecular complexity index is 1120. The highest BCUT2D eigenvalue weighted by atomic mass is 32.1. The Morgan fingerprint density at radius 2 is 2.10 bits per heavy atom. The Hall–Kier alpha value is -3.04. The summed E-state index contributed by atoms with van der Waals surface area (Å²) in [5.41, 5.74) is 3.29. The summed E-state index contributed by atoms with van der Waals surface area (Å²) in [5, 5.41) is 7.87. The van der Waals surface area contributed by atoms with Crippen LogP contribution in [0.4, 0.5) is 5.13 Å². The number of benzene rings is 1. The van der Waals surface area contributed by atoms with Crippen LogP contribution in [0.15, 0.2) is 36.5 Å². The summed E-state index contributed by atoms with van der Waals surface area (Å²) in [4.78, 5) is 32.9. The summed E-state index contributed by atoms with van der Waals surface area (Å²) >= 11 is 1.43. The second-order valence-corrected chi connectivity index (χ2v) is 8.83. The number of para-hydroxylation sites is 1. The minimum absolute atomic E-state index is 0.0383. The molecule has 1 atom stereocenters. The number of anilines is 1. The largest absolute Gasteiger partial charge is 0.368 e. The van der Waals surface area contributed by atoms with Crippen molar-refractivity contribution < 1.29 is 14.3 Å². The van der Waals surface area contributed by atoms with Gasteiger partial charge in [-0.05, 0) is 31.9 Å². The predicted octanol–water partition coefficient (Wildman–Crippen LogP) is 2.95. The van der Waals surface area contributed by atoms with E-state index < -0.39 is 0 Å². The summed E-state index contributed by atoms with van der Waals surface area (Å²) in [5.74, 6) is -0.177. The van der Waals surface area contributed by atoms with Crippen LogP contribution >= 0.6 is 11.3 Å². The number of hydrogen-bond donors (Lipinski definition) is 1. The zero-order valence-electron chi connectivity index (χ0n) is 17.2. The number of carbonyl (C=O) groups is 2. The molecular formula is C22H23N5O3S. The molecular weight excluding hydrogens is 414 g/mol. The van der Waals surface area contributed by atoms with Crippen LogP contribution in [0, 0.1) is 6.92 Å². The fraction of sp³-hybridized carbons (Fsp3) is 0.364. The number of fused-ring (bicyclic) bond motifs is 1. The molecule has 4 heterocycles. The quantitative estimate of drug-likeness (QED) is 0.678. The second kappa shape index (κ2) is 8.24. The minimum atomic E-state index is -0.386. The molecule has 2 aliphatic rings. The molecule has 2 aromatic heterocycles. The Morgan fingerprint density at radius 1 is 1.26 bits per heavy atom. The van der Waals surface area contributed by atoms with Gasteiger partial charge >= 0.3 is 0 Å². The monoisotopic (exact) mass is 437 g/mol. The average Bonchev–Trinajstić information content (AvgIpc) is 3.53. The molecule has 1 saturated heterocycles. The van der Waals surface area contributed by atoms with E-state index in [1.165, 1.54) is 11.3 Å². The van der Waals surface area contributed by atoms with Crippen LogP contribution in [-0.2, 0) is 22.5 Å². The van der Waals surface area contributed by atoms with Crippen LogP contribution in [0.3, 0.4) is 0 Å². The lowest BCUT2D eigenvalue weighted by molar-refractivity contribution is -0.124. The standard InChI is InChI=1S/C22H23N5O3S/c1-14-16(12-23-27(14)15-6-3-2-4-7-15)21(29)26-10-9-17-19(13-26)31-22(24-17)25-20(28)18-8-5-11-30-18/h2-4,6-7,12,18H,5,8-11,13H2,1H3,(H,24,25,28)/t18-/m1/s1. The van der Waals surface area contributed by atoms with Gasteiger partial charge in [0, 0.05) is 24.4 Å². The normalized spacial score (nSPS) is 18.1. The van der Waals surface area contributed by atoms with Gasteiger partial charge in [0.25, 0.3) is 11.8 Å². The summed E-state index contributed by atoms with van der Waals surface area (Å²) in [6, 6.07) is 9.77. The topological polar surface area (TPSA) is 89.3 Å². The lowest BCUT2D eigenvalue weighted by atomic mass is 10.1. The molecule has 0 bridgehead atoms. The van der Waals surface area contributed by atoms with Crippen molar-refractivity contribution >= 4 is 28.3 Å². The fourth-order valence-corrected chi connectivity index (χ4v) is 5.04. The molecule has 5 rings (SSSR count). The zero-order valence-corrected chi connectivity index (χ0v) is 18.0. The van der Waals surface area contributed by atoms with Crippen LogP contribution in [0.1, 0.15) is 39.5 Å². The van der Waals surface area contributed by atoms with Crippen molar-refractivity contribution in [3.05, 3.63) is 58.4 Å². The highest BCUT2D eigenvalue weighted by molar-refractivity contribution is 7.15. The molecule has 9 heteroatoms. The third kappa shape index (κ3) is 3.86. The van der Waals surface area contributed by atoms with Crippen molar-refractivity contribution in [1.82, 2.24) is 19.7 Å². The van der Waals surface area contributed by atoms with Gasteiger partial charge in [-0.3, -0.25) is 14.9 Å². The van der Waals surface area contributed by atoms with Gasteiger partial charge in [0.15, 0.2) is 5.13 Å². The minimum Gasteiger partial charge on any atom is -0.368 e. The molecule has 3 aromatic rings. The van der Waals surface area contributed by atoms with Gasteiger partial charge in [0.05, 0.1) is 35.4 Å². The molecule has 0 unspecified atom stereocenters. The highest BCUT2D eigenvalue weighted by Crippen LogP contribution is 2.30. The molecule has 8 nitrogen and oxygen atoms in total. The van der Waals surface area contributed by atoms with Crippen molar-refractivity contribution in [2.24, 2.45) is 0 Å². The van der Waals surface area contributed by atoms with Crippen molar-refractivity contribution in [3.8, 4) is 5.69 Å². The van der Waals surface area contributed by atoms with E-state index in [1.54, 1.807) is 10.9 Å². The lowest BCUT2D eigenvalue weighted by Crippen LogP contribution is -2.35. The molecule has 1 fully saturated rings. The number of thiazole rings is 1. The van der Waals surface area contributed by atoms with Gasteiger partial charge in [-0.15, -0.1) is 0 Å². The molecule has 31 heavy (non-hydrogen) atoms. The van der Waals surface area contributed by atoms with Crippen LogP contribution in [0.25, 0.3) is 5.69 Å². The first-order chi connectivity index (χ1) is 15.1. The predicted molar refractivity (Wildman–Crippen MR) is 116 cm³/mol. The van der Waals surface area contributed by atoms with Gasteiger partial charge in [-0.25, -0.2) is 9.67 Å². The number of hydrogen-bond acceptors (Lipinski definition) is 6. The maximum atomic E-state index is 13.2. The Labute approximate surface area is 183 Å². The van der Waals surface area contributed by atoms with Gasteiger partial charge in [0.2, 0.25) is 0 Å². The molecule has 160 valence electrons. The summed E-state index contributed by atoms with van der Waals surface area (Å²) < 4.78 is 7.22. The first-order valence-corrected chi connectivity index (χ1v) is 11.2. The molecule has 2 amide bonds. The maximum absolute atomic E-state index is 13.2. The molecule has 0 radical (unpaired) electrons. The van der Waals surface area contributed by atoms with E-state index >= 15 is 0 Å². The van der Waals surface area contributed by atoms with E-state index in [9.17, 15) is 9.59 Å². The number of aromatic nitrogens is 3. The maximum Gasteiger partial charge on any atom is 0.257 e. The Balaban J connectivity index is 1.30. The van der Waals surface area contributed by atoms with Crippen LogP contribution in [-0.4, -0.2) is 50.7 Å². The second-order valence-electron chi connectivity index (χ2n) is 7.75. The van der Waals surface area contributed by atoms with Crippen LogP contribution in [0.2, 0.25) is 0 Å². The molecule has 0 aliphatic carbocycles. The van der Waals surface area contributed by atoms with Crippen LogP contribution < -0.4 is 5.32 Å². The summed E-state index contributed by atoms with van der Waals surface area (Å²) in [7, 11) is 0. The lowest BCUT2D eigenvalue weighted by Gasteiger charge is -2.26. The summed E-state index contributed by atoms with van der Waals surface area (Å²) in [6.07, 6.45) is 3.57. The smallest absolute Gasteiger partial charge is 0.257 e. The number of amides is 2. The van der Waals surface area contributed by atoms with Crippen molar-refractivity contribution in [3.63, 3.8) is 0 Å². The van der Waals surface area contributed by atoms with Crippen molar-refractivity contribution in [2.45, 2.75) is 38.8 Å². The molecule has 2 aliphatic heterocycles. The fourth-order valence-electron chi connectivity index (χ4n) is 4.01. The molecule has 1 aromatic carbocycles. The first-order valence-electron chi connectivity index (χ1n) is 10.4. The number of nitrogens with one attached hydrogen (secondary N) is 1. The first kappa shape index (κ1) is 19.9. The van der Waals surface area contributed by atoms with Crippen molar-refractivity contribution in [1.29, 1.82) is 0 Å². The number of ether oxygens (including phenoxy) is 1. The van der Waals surface area contributed by atoms with Gasteiger partial charge in [-0.1, -0.05) is 29.5 Å². The molecule has 0 spiro atoms. The summed E-state index contributed by atoms with van der Waals surface area (Å²) in [6.45, 7) is 3.61. The van der Waals surface area contributed by atoms with Gasteiger partial charge in [0.1, 0.15) is 6.10 Å². The Kier molecular flexibility index (Phi) is 5.29. The number of rotatable bonds is 4. The van der Waals surface area contributed by atoms with E-state index in [0.717, 1.165) is 34.8 Å². The van der Waals surface area contributed by atoms with E-state index in [1.807, 2.05) is 42.2 Å². The zero-order chi connectivity index (χ0) is 21.4. The highest BCUT2D eigenvalue weighted by Gasteiger charge is 2.29. The molecule has 1 N–H and O–H groups in total. The van der Waals surface area contributed by atoms with Crippen molar-refractivity contribution in [2.75, 3.05) is 18.5 Å². The SMILES string of the molecule is Cc1c(C(=O)N2CCc3nc(NC(=O)[C@H]4CCCO4)sc3C2)cnn1-c1ccccc1. The van der Waals surface area contributed by atoms with E-state index in [0.29, 0.717) is 36.8 Å². The average molecular weight is 438 g/mol. The van der Waals surface area contributed by atoms with E-state index in [2.05, 4.69) is 15.4 Å². The number of nitrogens with zero attached hydrogens (tertiary/aromatic N) is 4. The third-order valence-corrected chi connectivity index (χ3v) is 6.71. The van der Waals surface area contributed by atoms with Crippen LogP contribution in [0.5, 0.6) is 0 Å². The third-order valence-electron chi connectivity index (χ3n) is 5.71. The van der Waals surface area contributed by atoms with Gasteiger partial charge in [-0.2, -0.15) is 5.10 Å². The Morgan fingerprint density at radius 3 is 2.87 bits per heavy atom. The number of carbonyl (C=O) groups excluding carboxylic acids is 2.